The van der Waals surface area contributed by atoms with Crippen LogP contribution in [0.15, 0.2) is 60.7 Å². The van der Waals surface area contributed by atoms with Crippen LogP contribution in [0.25, 0.3) is 34.7 Å². The first kappa shape index (κ1) is 48.9. The second-order valence-electron chi connectivity index (χ2n) is 15.5. The Balaban J connectivity index is 0.000000493. The Hall–Kier alpha value is -4.52. The van der Waals surface area contributed by atoms with Crippen molar-refractivity contribution in [2.75, 3.05) is 35.1 Å². The summed E-state index contributed by atoms with van der Waals surface area (Å²) in [4.78, 5) is 38.4. The van der Waals surface area contributed by atoms with Crippen LogP contribution in [-0.2, 0) is 29.6 Å². The molecule has 360 valence electrons. The quantitative estimate of drug-likeness (QED) is 0.0668. The zero-order valence-corrected chi connectivity index (χ0v) is 41.2. The van der Waals surface area contributed by atoms with Crippen LogP contribution in [0.3, 0.4) is 0 Å². The number of carboxylic acid groups (broad SMARTS) is 2. The average molecular weight is 1010 g/mol. The molecule has 0 aliphatic carbocycles. The fraction of sp³-hybridized carbons (Fsp3) is 0.409. The summed E-state index contributed by atoms with van der Waals surface area (Å²) in [5, 5.41) is 57.7. The molecule has 2 aromatic heterocycles. The zero-order valence-electron chi connectivity index (χ0n) is 43.3. The van der Waals surface area contributed by atoms with E-state index in [0.29, 0.717) is 34.8 Å². The first-order valence-corrected chi connectivity index (χ1v) is 23.6. The van der Waals surface area contributed by atoms with E-state index >= 15 is 0 Å². The molecule has 2 heterocycles. The number of aromatic nitrogens is 4. The average Bonchev–Trinajstić information content (AvgIpc) is 3.20. The van der Waals surface area contributed by atoms with Gasteiger partial charge in [0.05, 0.1) is 72.5 Å². The van der Waals surface area contributed by atoms with E-state index in [-0.39, 0.29) is 93.8 Å². The van der Waals surface area contributed by atoms with Gasteiger partial charge in [-0.15, -0.1) is 0 Å². The maximum atomic E-state index is 13.6. The fourth-order valence-corrected chi connectivity index (χ4v) is 6.75. The van der Waals surface area contributed by atoms with Gasteiger partial charge in [0, 0.05) is 57.3 Å². The number of carbonyl (C=O) groups is 2. The molecule has 4 atom stereocenters. The minimum atomic E-state index is -4.33. The summed E-state index contributed by atoms with van der Waals surface area (Å²) < 4.78 is 123. The molecular formula is C44H56CaF2N6O12S2+2. The van der Waals surface area contributed by atoms with Crippen molar-refractivity contribution >= 4 is 93.8 Å². The van der Waals surface area contributed by atoms with Gasteiger partial charge in [0.25, 0.3) is 0 Å². The number of rotatable bonds is 20. The van der Waals surface area contributed by atoms with Crippen molar-refractivity contribution in [2.45, 2.75) is 89.6 Å². The number of carboxylic acids is 2. The number of aliphatic hydroxyl groups excluding tert-OH is 4. The van der Waals surface area contributed by atoms with Gasteiger partial charge in [0.15, 0.2) is 0 Å². The molecule has 0 aliphatic rings. The molecule has 0 amide bonds. The minimum absolute atomic E-state index is 0. The minimum Gasteiger partial charge on any atom is -0.481 e. The zero-order chi connectivity index (χ0) is 54.8. The molecule has 67 heavy (non-hydrogen) atoms. The summed E-state index contributed by atoms with van der Waals surface area (Å²) in [5.74, 6) is -5.50. The van der Waals surface area contributed by atoms with Crippen LogP contribution in [-0.4, -0.2) is 168 Å². The van der Waals surface area contributed by atoms with E-state index in [0.717, 1.165) is 24.3 Å². The van der Waals surface area contributed by atoms with Crippen molar-refractivity contribution in [3.63, 3.8) is 0 Å². The smallest absolute Gasteiger partial charge is 0.481 e. The summed E-state index contributed by atoms with van der Waals surface area (Å²) in [6.45, 7) is 0.650. The largest absolute Gasteiger partial charge is 2.00 e. The Morgan fingerprint density at radius 3 is 1.19 bits per heavy atom. The normalized spacial score (nSPS) is 15.4. The molecular weight excluding hydrogens is 947 g/mol. The topological polar surface area (TPSA) is 282 Å². The summed E-state index contributed by atoms with van der Waals surface area (Å²) in [7, 11) is -8.67. The molecule has 23 heteroatoms. The van der Waals surface area contributed by atoms with Crippen molar-refractivity contribution in [3.8, 4) is 22.5 Å². The van der Waals surface area contributed by atoms with Crippen molar-refractivity contribution in [1.82, 2.24) is 19.9 Å². The molecule has 0 fully saturated rings. The van der Waals surface area contributed by atoms with Crippen LogP contribution in [0, 0.1) is 11.6 Å². The van der Waals surface area contributed by atoms with Crippen molar-refractivity contribution in [3.05, 3.63) is 94.8 Å². The molecule has 6 N–H and O–H groups in total. The predicted octanol–water partition coefficient (Wildman–Crippen LogP) is 4.42. The standard InChI is InChI=1S/2C22H28FN3O6S.Ca/c2*1-13(2)20-18(10-9-16(27)11-17(28)12-19(29)30)21(14-5-7-15(23)8-6-14)25-22(24-20)26(3)33(4,31)32;/h2*5-10,13,16-17,27-28H,11-12H2,1-4H3,(H,29,30);/q;;+2/b2*10-9+;/t2*16-,17-;/m11./s1/i2*3D3;. The van der Waals surface area contributed by atoms with Crippen LogP contribution >= 0.6 is 0 Å². The van der Waals surface area contributed by atoms with Crippen molar-refractivity contribution in [2.24, 2.45) is 0 Å². The van der Waals surface area contributed by atoms with Crippen LogP contribution in [0.4, 0.5) is 20.7 Å². The third-order valence-corrected chi connectivity index (χ3v) is 10.8. The number of aliphatic carboxylic acids is 2. The monoisotopic (exact) mass is 1010 g/mol. The summed E-state index contributed by atoms with van der Waals surface area (Å²) >= 11 is 0. The van der Waals surface area contributed by atoms with Crippen LogP contribution in [0.2, 0.25) is 0 Å². The van der Waals surface area contributed by atoms with E-state index in [1.807, 2.05) is 0 Å². The Morgan fingerprint density at radius 2 is 0.940 bits per heavy atom. The van der Waals surface area contributed by atoms with Crippen molar-refractivity contribution in [1.29, 1.82) is 0 Å². The van der Waals surface area contributed by atoms with E-state index in [4.69, 9.17) is 18.4 Å². The molecule has 4 aromatic rings. The first-order valence-electron chi connectivity index (χ1n) is 22.9. The van der Waals surface area contributed by atoms with E-state index < -0.39 is 107 Å². The predicted molar refractivity (Wildman–Crippen MR) is 251 cm³/mol. The summed E-state index contributed by atoms with van der Waals surface area (Å²) in [6.07, 6.45) is 0.0293. The Labute approximate surface area is 427 Å². The van der Waals surface area contributed by atoms with Gasteiger partial charge in [-0.1, -0.05) is 52.0 Å². The van der Waals surface area contributed by atoms with Gasteiger partial charge in [-0.2, -0.15) is 0 Å². The molecule has 0 saturated heterocycles. The molecule has 0 aliphatic heterocycles. The van der Waals surface area contributed by atoms with Gasteiger partial charge in [-0.05, 0) is 60.4 Å². The number of aliphatic hydroxyl groups is 4. The molecule has 18 nitrogen and oxygen atoms in total. The first-order chi connectivity index (χ1) is 33.0. The third-order valence-electron chi connectivity index (χ3n) is 9.10. The molecule has 0 saturated carbocycles. The van der Waals surface area contributed by atoms with Crippen LogP contribution in [0.5, 0.6) is 0 Å². The van der Waals surface area contributed by atoms with Gasteiger partial charge >= 0.3 is 49.7 Å². The number of halogens is 2. The second-order valence-corrected chi connectivity index (χ2v) is 19.2. The van der Waals surface area contributed by atoms with E-state index in [1.165, 1.54) is 48.6 Å². The van der Waals surface area contributed by atoms with Gasteiger partial charge < -0.3 is 30.6 Å². The number of hydrogen-bond donors (Lipinski definition) is 6. The van der Waals surface area contributed by atoms with Crippen LogP contribution in [0.1, 0.15) is 96.0 Å². The van der Waals surface area contributed by atoms with Crippen LogP contribution < -0.4 is 8.61 Å². The van der Waals surface area contributed by atoms with Gasteiger partial charge in [0.1, 0.15) is 11.6 Å². The second kappa shape index (κ2) is 25.7. The molecule has 4 rings (SSSR count). The Bertz CT molecular complexity index is 2640. The number of hydrogen-bond acceptors (Lipinski definition) is 14. The summed E-state index contributed by atoms with van der Waals surface area (Å²) in [6, 6.07) is 10.1. The molecule has 2 aromatic carbocycles. The van der Waals surface area contributed by atoms with Gasteiger partial charge in [0.2, 0.25) is 31.9 Å². The summed E-state index contributed by atoms with van der Waals surface area (Å²) in [5.41, 5.74) is 1.88. The Kier molecular flexibility index (Phi) is 18.8. The van der Waals surface area contributed by atoms with E-state index in [2.05, 4.69) is 19.9 Å². The molecule has 0 unspecified atom stereocenters. The SMILES string of the molecule is [2H]C([2H])([2H])N(c1nc(-c2ccc(F)cc2)c(/C=C/[C@@H](O)C[C@@H](O)CC(=O)O)c(C(C)C)n1)S(C)(=O)=O.[2H]C([2H])([2H])N(c1nc(-c2ccc(F)cc2)c(/C=C/[C@@H](O)C[C@@H](O)CC(=O)O)c(C(C)C)n1)S(C)(=O)=O.[Ca+2]. The van der Waals surface area contributed by atoms with Crippen molar-refractivity contribution < 1.29 is 74.1 Å². The maximum absolute atomic E-state index is 13.6. The molecule has 0 spiro atoms. The van der Waals surface area contributed by atoms with E-state index in [9.17, 15) is 55.6 Å². The fourth-order valence-electron chi connectivity index (χ4n) is 5.99. The van der Waals surface area contributed by atoms with Gasteiger partial charge in [-0.3, -0.25) is 9.59 Å². The Morgan fingerprint density at radius 1 is 0.627 bits per heavy atom. The third kappa shape index (κ3) is 18.1. The number of nitrogens with zero attached hydrogens (tertiary/aromatic N) is 6. The van der Waals surface area contributed by atoms with E-state index in [1.54, 1.807) is 27.7 Å². The van der Waals surface area contributed by atoms with Gasteiger partial charge in [-0.25, -0.2) is 54.2 Å². The maximum Gasteiger partial charge on any atom is 2.00 e. The molecule has 0 radical (unpaired) electrons. The number of sulfonamides is 2. The number of benzene rings is 2. The number of anilines is 2. The molecule has 0 bridgehead atoms.